The monoisotopic (exact) mass is 567 g/mol. The van der Waals surface area contributed by atoms with E-state index in [4.69, 9.17) is 16.2 Å². The number of phenols is 1. The Morgan fingerprint density at radius 2 is 1.93 bits per heavy atom. The van der Waals surface area contributed by atoms with Gasteiger partial charge in [0.1, 0.15) is 28.6 Å². The number of aliphatic hydroxyl groups is 3. The molecule has 1 heterocycles. The maximum absolute atomic E-state index is 13.7. The number of hydrogen-bond acceptors (Lipinski definition) is 10. The Bertz CT molecular complexity index is 1400. The largest absolute Gasteiger partial charge is 0.508 e. The van der Waals surface area contributed by atoms with Crippen molar-refractivity contribution in [3.8, 4) is 11.5 Å². The zero-order chi connectivity index (χ0) is 29.5. The number of methoxy groups -OCH3 is 1. The standard InChI is InChI=1S/C26H28F3N3O8/c1-40-21-10(13-3-2-4-32(13)8-25(27,28)29)7-14(33)16-11(21)5-9-6-12-18(30)20(35)17(24(31)38)23(37)26(12,39)22(36)15(9)19(16)34/h7,9,12-13,18,33-34,37,39H,2-6,8,30H2,1H3,(H2,31,38)/t9-,12-,13-,18-,26-/m0/s1. The molecule has 1 aromatic rings. The lowest BCUT2D eigenvalue weighted by molar-refractivity contribution is -0.149. The van der Waals surface area contributed by atoms with Gasteiger partial charge in [0.25, 0.3) is 5.91 Å². The Hall–Kier alpha value is -3.62. The summed E-state index contributed by atoms with van der Waals surface area (Å²) in [6.45, 7) is -0.990. The van der Waals surface area contributed by atoms with Gasteiger partial charge in [0.05, 0.1) is 25.3 Å². The van der Waals surface area contributed by atoms with Gasteiger partial charge in [-0.05, 0) is 44.2 Å². The van der Waals surface area contributed by atoms with E-state index in [0.29, 0.717) is 12.8 Å². The van der Waals surface area contributed by atoms with Crippen LogP contribution in [0.4, 0.5) is 13.2 Å². The minimum absolute atomic E-state index is 0.0718. The van der Waals surface area contributed by atoms with Gasteiger partial charge in [-0.25, -0.2) is 0 Å². The zero-order valence-electron chi connectivity index (χ0n) is 21.3. The number of aliphatic hydroxyl groups excluding tert-OH is 2. The first-order valence-corrected chi connectivity index (χ1v) is 12.6. The van der Waals surface area contributed by atoms with E-state index in [1.165, 1.54) is 18.1 Å². The van der Waals surface area contributed by atoms with Crippen molar-refractivity contribution in [1.29, 1.82) is 0 Å². The third-order valence-corrected chi connectivity index (χ3v) is 8.54. The van der Waals surface area contributed by atoms with Crippen molar-refractivity contribution >= 4 is 23.2 Å². The summed E-state index contributed by atoms with van der Waals surface area (Å²) in [4.78, 5) is 39.5. The number of nitrogens with zero attached hydrogens (tertiary/aromatic N) is 1. The second-order valence-corrected chi connectivity index (χ2v) is 10.7. The summed E-state index contributed by atoms with van der Waals surface area (Å²) in [6.07, 6.45) is -3.89. The molecule has 0 spiro atoms. The Morgan fingerprint density at radius 1 is 1.25 bits per heavy atom. The number of aromatic hydroxyl groups is 1. The fourth-order valence-electron chi connectivity index (χ4n) is 6.88. The lowest BCUT2D eigenvalue weighted by Gasteiger charge is -2.48. The van der Waals surface area contributed by atoms with E-state index in [1.807, 2.05) is 0 Å². The van der Waals surface area contributed by atoms with E-state index in [-0.39, 0.29) is 47.4 Å². The Labute approximate surface area is 225 Å². The summed E-state index contributed by atoms with van der Waals surface area (Å²) in [5, 5.41) is 44.3. The second-order valence-electron chi connectivity index (χ2n) is 10.7. The minimum atomic E-state index is -4.45. The number of phenolic OH excluding ortho intramolecular Hbond substituents is 1. The number of fused-ring (bicyclic) bond motifs is 3. The van der Waals surface area contributed by atoms with E-state index >= 15 is 0 Å². The summed E-state index contributed by atoms with van der Waals surface area (Å²) in [6, 6.07) is -1.14. The van der Waals surface area contributed by atoms with Crippen LogP contribution in [0.25, 0.3) is 5.76 Å². The molecule has 5 rings (SSSR count). The van der Waals surface area contributed by atoms with Gasteiger partial charge in [0.15, 0.2) is 11.4 Å². The first-order chi connectivity index (χ1) is 18.6. The van der Waals surface area contributed by atoms with Crippen molar-refractivity contribution in [3.63, 3.8) is 0 Å². The number of ketones is 2. The number of Topliss-reactive ketones (excluding diaryl/α,β-unsaturated/α-hetero) is 2. The Kier molecular flexibility index (Phi) is 6.43. The number of primary amides is 1. The van der Waals surface area contributed by atoms with Crippen molar-refractivity contribution < 1.29 is 52.7 Å². The van der Waals surface area contributed by atoms with Gasteiger partial charge in [0.2, 0.25) is 5.78 Å². The molecule has 1 saturated carbocycles. The zero-order valence-corrected chi connectivity index (χ0v) is 21.3. The fraction of sp³-hybridized carbons (Fsp3) is 0.500. The number of benzene rings is 1. The van der Waals surface area contributed by atoms with Gasteiger partial charge < -0.3 is 36.6 Å². The first-order valence-electron chi connectivity index (χ1n) is 12.6. The number of rotatable bonds is 4. The lowest BCUT2D eigenvalue weighted by Crippen LogP contribution is -2.65. The van der Waals surface area contributed by atoms with Crippen molar-refractivity contribution in [3.05, 3.63) is 39.7 Å². The molecule has 5 atom stereocenters. The SMILES string of the molecule is COc1c([C@@H]2CCCN2CC(F)(F)F)cc(O)c2c1C[C@H]1C[C@H]3[C@H](N)C(=O)C(C(N)=O)=C(O)[C@@]3(O)C(=O)C1=C2O. The number of alkyl halides is 3. The highest BCUT2D eigenvalue weighted by Gasteiger charge is 2.63. The number of carbonyl (C=O) groups excluding carboxylic acids is 3. The van der Waals surface area contributed by atoms with Crippen LogP contribution in [0, 0.1) is 11.8 Å². The number of ether oxygens (including phenoxy) is 1. The number of halogens is 3. The van der Waals surface area contributed by atoms with E-state index in [2.05, 4.69) is 0 Å². The molecule has 1 amide bonds. The highest BCUT2D eigenvalue weighted by molar-refractivity contribution is 6.24. The molecular weight excluding hydrogens is 539 g/mol. The summed E-state index contributed by atoms with van der Waals surface area (Å²) < 4.78 is 45.3. The average molecular weight is 568 g/mol. The predicted molar refractivity (Wildman–Crippen MR) is 131 cm³/mol. The van der Waals surface area contributed by atoms with Crippen LogP contribution in [-0.2, 0) is 20.8 Å². The average Bonchev–Trinajstić information content (AvgIpc) is 3.30. The molecule has 4 aliphatic rings. The van der Waals surface area contributed by atoms with Gasteiger partial charge >= 0.3 is 6.18 Å². The number of carbonyl (C=O) groups is 3. The summed E-state index contributed by atoms with van der Waals surface area (Å²) >= 11 is 0. The highest BCUT2D eigenvalue weighted by Crippen LogP contribution is 2.54. The van der Waals surface area contributed by atoms with Crippen molar-refractivity contribution in [1.82, 2.24) is 4.90 Å². The normalized spacial score (nSPS) is 30.8. The fourth-order valence-corrected chi connectivity index (χ4v) is 6.88. The molecule has 1 aromatic carbocycles. The van der Waals surface area contributed by atoms with Crippen LogP contribution in [-0.4, -0.2) is 80.8 Å². The van der Waals surface area contributed by atoms with Crippen LogP contribution in [0.5, 0.6) is 11.5 Å². The Balaban J connectivity index is 1.66. The van der Waals surface area contributed by atoms with Gasteiger partial charge in [-0.15, -0.1) is 0 Å². The number of likely N-dealkylation sites (tertiary alicyclic amines) is 1. The Morgan fingerprint density at radius 3 is 2.52 bits per heavy atom. The molecule has 1 saturated heterocycles. The molecule has 0 bridgehead atoms. The molecule has 1 aliphatic heterocycles. The lowest BCUT2D eigenvalue weighted by atomic mass is 9.58. The third kappa shape index (κ3) is 3.88. The molecule has 216 valence electrons. The van der Waals surface area contributed by atoms with Gasteiger partial charge in [-0.2, -0.15) is 13.2 Å². The number of hydrogen-bond donors (Lipinski definition) is 6. The molecule has 11 nitrogen and oxygen atoms in total. The number of amides is 1. The quantitative estimate of drug-likeness (QED) is 0.286. The molecular formula is C26H28F3N3O8. The van der Waals surface area contributed by atoms with Crippen molar-refractivity contribution in [2.45, 2.75) is 49.5 Å². The molecule has 3 aliphatic carbocycles. The number of nitrogens with two attached hydrogens (primary N) is 2. The summed E-state index contributed by atoms with van der Waals surface area (Å²) in [5.74, 6) is -8.32. The first kappa shape index (κ1) is 27.9. The third-order valence-electron chi connectivity index (χ3n) is 8.54. The summed E-state index contributed by atoms with van der Waals surface area (Å²) in [5.41, 5.74) is 7.30. The minimum Gasteiger partial charge on any atom is -0.508 e. The summed E-state index contributed by atoms with van der Waals surface area (Å²) in [7, 11) is 1.30. The molecule has 2 fully saturated rings. The van der Waals surface area contributed by atoms with Crippen LogP contribution in [0.15, 0.2) is 23.0 Å². The van der Waals surface area contributed by atoms with Gasteiger partial charge in [0, 0.05) is 28.7 Å². The smallest absolute Gasteiger partial charge is 0.401 e. The molecule has 0 aromatic heterocycles. The predicted octanol–water partition coefficient (Wildman–Crippen LogP) is 1.07. The molecule has 40 heavy (non-hydrogen) atoms. The molecule has 0 radical (unpaired) electrons. The second kappa shape index (κ2) is 9.21. The van der Waals surface area contributed by atoms with Crippen LogP contribution < -0.4 is 16.2 Å². The van der Waals surface area contributed by atoms with E-state index in [1.54, 1.807) is 0 Å². The van der Waals surface area contributed by atoms with Gasteiger partial charge in [-0.3, -0.25) is 19.3 Å². The van der Waals surface area contributed by atoms with E-state index in [9.17, 15) is 48.0 Å². The topological polar surface area (TPSA) is 197 Å². The maximum Gasteiger partial charge on any atom is 0.401 e. The van der Waals surface area contributed by atoms with Crippen molar-refractivity contribution in [2.24, 2.45) is 23.3 Å². The van der Waals surface area contributed by atoms with Gasteiger partial charge in [-0.1, -0.05) is 0 Å². The van der Waals surface area contributed by atoms with Crippen LogP contribution in [0.2, 0.25) is 0 Å². The van der Waals surface area contributed by atoms with E-state index < -0.39 is 82.6 Å². The van der Waals surface area contributed by atoms with Crippen molar-refractivity contribution in [2.75, 3.05) is 20.2 Å². The van der Waals surface area contributed by atoms with E-state index in [0.717, 1.165) is 0 Å². The van der Waals surface area contributed by atoms with Crippen LogP contribution >= 0.6 is 0 Å². The highest BCUT2D eigenvalue weighted by atomic mass is 19.4. The van der Waals surface area contributed by atoms with Crippen LogP contribution in [0.1, 0.15) is 42.0 Å². The molecule has 0 unspecified atom stereocenters. The maximum atomic E-state index is 13.7. The molecule has 8 N–H and O–H groups in total. The molecule has 14 heteroatoms. The van der Waals surface area contributed by atoms with Crippen LogP contribution in [0.3, 0.4) is 0 Å².